The number of para-hydroxylation sites is 1. The van der Waals surface area contributed by atoms with Crippen molar-refractivity contribution in [2.45, 2.75) is 19.3 Å². The number of benzene rings is 8. The Balaban J connectivity index is 1.02. The second-order valence-corrected chi connectivity index (χ2v) is 14.6. The van der Waals surface area contributed by atoms with E-state index in [1.165, 1.54) is 44.5 Å². The first-order chi connectivity index (χ1) is 26.0. The highest BCUT2D eigenvalue weighted by atomic mass is 16.3. The lowest BCUT2D eigenvalue weighted by Gasteiger charge is -2.28. The third-order valence-electron chi connectivity index (χ3n) is 11.1. The highest BCUT2D eigenvalue weighted by Crippen LogP contribution is 2.51. The highest BCUT2D eigenvalue weighted by molar-refractivity contribution is 6.07. The van der Waals surface area contributed by atoms with Gasteiger partial charge in [0.25, 0.3) is 0 Å². The van der Waals surface area contributed by atoms with Gasteiger partial charge >= 0.3 is 0 Å². The quantitative estimate of drug-likeness (QED) is 0.174. The summed E-state index contributed by atoms with van der Waals surface area (Å²) in [5.74, 6) is 0. The molecule has 0 saturated heterocycles. The standard InChI is InChI=1S/C51H37NO/c1-51(2)47-32-39(35-14-8-4-9-15-35)20-26-43(47)44-27-25-42(33-48(44)51)52(40-16-10-5-11-17-40)41-23-18-36(19-24-41)38-22-29-50-46(31-38)45-30-37(21-28-49(45)53-50)34-12-6-3-7-13-34/h3-33H,1-2H3. The number of nitrogens with zero attached hydrogens (tertiary/aromatic N) is 1. The molecule has 1 heterocycles. The maximum Gasteiger partial charge on any atom is 0.135 e. The minimum absolute atomic E-state index is 0.143. The van der Waals surface area contributed by atoms with E-state index in [9.17, 15) is 0 Å². The fourth-order valence-electron chi connectivity index (χ4n) is 8.27. The molecule has 0 saturated carbocycles. The molecule has 0 spiro atoms. The lowest BCUT2D eigenvalue weighted by molar-refractivity contribution is 0.660. The molecule has 8 aromatic carbocycles. The first-order valence-electron chi connectivity index (χ1n) is 18.3. The summed E-state index contributed by atoms with van der Waals surface area (Å²) in [7, 11) is 0. The number of furan rings is 1. The van der Waals surface area contributed by atoms with Crippen LogP contribution in [-0.2, 0) is 5.41 Å². The Morgan fingerprint density at radius 1 is 0.358 bits per heavy atom. The molecule has 0 aliphatic heterocycles. The topological polar surface area (TPSA) is 16.4 Å². The maximum atomic E-state index is 6.27. The minimum Gasteiger partial charge on any atom is -0.456 e. The Labute approximate surface area is 310 Å². The van der Waals surface area contributed by atoms with E-state index < -0.39 is 0 Å². The number of fused-ring (bicyclic) bond motifs is 6. The van der Waals surface area contributed by atoms with Gasteiger partial charge in [0.1, 0.15) is 11.2 Å². The molecule has 10 rings (SSSR count). The second-order valence-electron chi connectivity index (χ2n) is 14.6. The normalized spacial score (nSPS) is 12.9. The van der Waals surface area contributed by atoms with Crippen molar-refractivity contribution in [2.75, 3.05) is 4.90 Å². The molecular formula is C51H37NO. The minimum atomic E-state index is -0.143. The molecule has 252 valence electrons. The van der Waals surface area contributed by atoms with Gasteiger partial charge in [-0.3, -0.25) is 0 Å². The largest absolute Gasteiger partial charge is 0.456 e. The van der Waals surface area contributed by atoms with Crippen molar-refractivity contribution in [1.82, 2.24) is 0 Å². The first kappa shape index (κ1) is 31.1. The van der Waals surface area contributed by atoms with Gasteiger partial charge in [0, 0.05) is 33.2 Å². The summed E-state index contributed by atoms with van der Waals surface area (Å²) < 4.78 is 6.27. The molecule has 1 aliphatic rings. The Bertz CT molecular complexity index is 2780. The molecule has 0 atom stereocenters. The van der Waals surface area contributed by atoms with Crippen LogP contribution in [0.5, 0.6) is 0 Å². The zero-order chi connectivity index (χ0) is 35.5. The molecular weight excluding hydrogens is 643 g/mol. The van der Waals surface area contributed by atoms with Crippen LogP contribution in [-0.4, -0.2) is 0 Å². The molecule has 9 aromatic rings. The van der Waals surface area contributed by atoms with Crippen LogP contribution in [0.3, 0.4) is 0 Å². The molecule has 1 aromatic heterocycles. The van der Waals surface area contributed by atoms with Crippen LogP contribution >= 0.6 is 0 Å². The van der Waals surface area contributed by atoms with Gasteiger partial charge in [0.05, 0.1) is 0 Å². The molecule has 0 amide bonds. The Hall–Kier alpha value is -6.64. The Morgan fingerprint density at radius 2 is 0.774 bits per heavy atom. The fourth-order valence-corrected chi connectivity index (χ4v) is 8.27. The van der Waals surface area contributed by atoms with Crippen LogP contribution in [0.25, 0.3) is 66.4 Å². The monoisotopic (exact) mass is 679 g/mol. The summed E-state index contributed by atoms with van der Waals surface area (Å²) in [4.78, 5) is 2.37. The maximum absolute atomic E-state index is 6.27. The molecule has 1 aliphatic carbocycles. The van der Waals surface area contributed by atoms with Crippen LogP contribution in [0.15, 0.2) is 192 Å². The van der Waals surface area contributed by atoms with Crippen LogP contribution < -0.4 is 4.90 Å². The zero-order valence-electron chi connectivity index (χ0n) is 29.8. The molecule has 0 bridgehead atoms. The van der Waals surface area contributed by atoms with Crippen molar-refractivity contribution in [3.05, 3.63) is 199 Å². The number of rotatable bonds is 6. The van der Waals surface area contributed by atoms with E-state index >= 15 is 0 Å². The predicted molar refractivity (Wildman–Crippen MR) is 222 cm³/mol. The third-order valence-corrected chi connectivity index (χ3v) is 11.1. The lowest BCUT2D eigenvalue weighted by Crippen LogP contribution is -2.16. The average Bonchev–Trinajstić information content (AvgIpc) is 3.69. The molecule has 0 unspecified atom stereocenters. The van der Waals surface area contributed by atoms with Crippen molar-refractivity contribution >= 4 is 39.0 Å². The van der Waals surface area contributed by atoms with Gasteiger partial charge in [-0.15, -0.1) is 0 Å². The van der Waals surface area contributed by atoms with Crippen molar-refractivity contribution in [3.63, 3.8) is 0 Å². The van der Waals surface area contributed by atoms with Crippen LogP contribution in [0.4, 0.5) is 17.1 Å². The van der Waals surface area contributed by atoms with Crippen molar-refractivity contribution < 1.29 is 4.42 Å². The van der Waals surface area contributed by atoms with Gasteiger partial charge in [-0.1, -0.05) is 135 Å². The molecule has 2 nitrogen and oxygen atoms in total. The average molecular weight is 680 g/mol. The van der Waals surface area contributed by atoms with Gasteiger partial charge in [-0.05, 0) is 122 Å². The molecule has 0 fully saturated rings. The van der Waals surface area contributed by atoms with E-state index in [-0.39, 0.29) is 5.41 Å². The summed E-state index contributed by atoms with van der Waals surface area (Å²) in [6.07, 6.45) is 0. The van der Waals surface area contributed by atoms with E-state index in [1.54, 1.807) is 0 Å². The summed E-state index contributed by atoms with van der Waals surface area (Å²) >= 11 is 0. The van der Waals surface area contributed by atoms with E-state index in [0.29, 0.717) is 0 Å². The summed E-state index contributed by atoms with van der Waals surface area (Å²) in [6, 6.07) is 67.8. The van der Waals surface area contributed by atoms with Crippen molar-refractivity contribution in [2.24, 2.45) is 0 Å². The Kier molecular flexibility index (Phi) is 7.19. The van der Waals surface area contributed by atoms with Crippen molar-refractivity contribution in [3.8, 4) is 44.5 Å². The smallest absolute Gasteiger partial charge is 0.135 e. The van der Waals surface area contributed by atoms with Crippen LogP contribution in [0.1, 0.15) is 25.0 Å². The van der Waals surface area contributed by atoms with E-state index in [0.717, 1.165) is 50.1 Å². The van der Waals surface area contributed by atoms with Crippen LogP contribution in [0, 0.1) is 0 Å². The summed E-state index contributed by atoms with van der Waals surface area (Å²) in [5, 5.41) is 2.26. The lowest BCUT2D eigenvalue weighted by atomic mass is 9.81. The molecule has 2 heteroatoms. The number of hydrogen-bond donors (Lipinski definition) is 0. The fraction of sp³-hybridized carbons (Fsp3) is 0.0588. The van der Waals surface area contributed by atoms with Crippen LogP contribution in [0.2, 0.25) is 0 Å². The van der Waals surface area contributed by atoms with Gasteiger partial charge in [0.2, 0.25) is 0 Å². The summed E-state index contributed by atoms with van der Waals surface area (Å²) in [5.41, 5.74) is 17.6. The summed E-state index contributed by atoms with van der Waals surface area (Å²) in [6.45, 7) is 4.72. The zero-order valence-corrected chi connectivity index (χ0v) is 29.8. The highest BCUT2D eigenvalue weighted by Gasteiger charge is 2.36. The first-order valence-corrected chi connectivity index (χ1v) is 18.3. The predicted octanol–water partition coefficient (Wildman–Crippen LogP) is 14.4. The number of anilines is 3. The van der Waals surface area contributed by atoms with Gasteiger partial charge in [-0.25, -0.2) is 0 Å². The second kappa shape index (κ2) is 12.3. The SMILES string of the molecule is CC1(C)c2cc(-c3ccccc3)ccc2-c2ccc(N(c3ccccc3)c3ccc(-c4ccc5oc6ccc(-c7ccccc7)cc6c5c4)cc3)cc21. The Morgan fingerprint density at radius 3 is 1.36 bits per heavy atom. The third kappa shape index (κ3) is 5.26. The van der Waals surface area contributed by atoms with E-state index in [1.807, 2.05) is 0 Å². The molecule has 53 heavy (non-hydrogen) atoms. The van der Waals surface area contributed by atoms with Gasteiger partial charge in [0.15, 0.2) is 0 Å². The number of hydrogen-bond acceptors (Lipinski definition) is 2. The van der Waals surface area contributed by atoms with Gasteiger partial charge in [-0.2, -0.15) is 0 Å². The van der Waals surface area contributed by atoms with E-state index in [4.69, 9.17) is 4.42 Å². The van der Waals surface area contributed by atoms with E-state index in [2.05, 4.69) is 207 Å². The molecule has 0 radical (unpaired) electrons. The van der Waals surface area contributed by atoms with Crippen molar-refractivity contribution in [1.29, 1.82) is 0 Å². The van der Waals surface area contributed by atoms with Gasteiger partial charge < -0.3 is 9.32 Å². The molecule has 0 N–H and O–H groups in total.